The molecule has 0 aliphatic carbocycles. The maximum Gasteiger partial charge on any atom is 0.287 e. The fourth-order valence-electron chi connectivity index (χ4n) is 3.20. The molecular formula is C19H20N4O3. The highest BCUT2D eigenvalue weighted by Crippen LogP contribution is 2.20. The van der Waals surface area contributed by atoms with Crippen LogP contribution in [0.25, 0.3) is 11.0 Å². The summed E-state index contributed by atoms with van der Waals surface area (Å²) < 4.78 is 5.59. The average molecular weight is 352 g/mol. The minimum Gasteiger partial charge on any atom is -0.451 e. The van der Waals surface area contributed by atoms with Gasteiger partial charge in [-0.25, -0.2) is 4.98 Å². The molecule has 0 unspecified atom stereocenters. The molecule has 1 fully saturated rings. The maximum atomic E-state index is 12.5. The second-order valence-corrected chi connectivity index (χ2v) is 6.53. The van der Waals surface area contributed by atoms with Crippen molar-refractivity contribution in [3.63, 3.8) is 0 Å². The fraction of sp³-hybridized carbons (Fsp3) is 0.316. The van der Waals surface area contributed by atoms with Crippen LogP contribution in [-0.4, -0.2) is 29.0 Å². The van der Waals surface area contributed by atoms with Crippen molar-refractivity contribution < 1.29 is 9.21 Å². The second-order valence-electron chi connectivity index (χ2n) is 6.53. The summed E-state index contributed by atoms with van der Waals surface area (Å²) in [7, 11) is 0. The first-order chi connectivity index (χ1) is 12.6. The van der Waals surface area contributed by atoms with E-state index in [1.807, 2.05) is 24.3 Å². The number of H-pyrrole nitrogens is 1. The predicted octanol–water partition coefficient (Wildman–Crippen LogP) is 2.61. The molecule has 1 aliphatic heterocycles. The van der Waals surface area contributed by atoms with Gasteiger partial charge in [-0.3, -0.25) is 14.6 Å². The summed E-state index contributed by atoms with van der Waals surface area (Å²) >= 11 is 0. The molecule has 1 aromatic carbocycles. The monoisotopic (exact) mass is 352 g/mol. The first kappa shape index (κ1) is 16.4. The van der Waals surface area contributed by atoms with Crippen LogP contribution in [0.3, 0.4) is 0 Å². The molecular weight excluding hydrogens is 332 g/mol. The fourth-order valence-corrected chi connectivity index (χ4v) is 3.20. The highest BCUT2D eigenvalue weighted by Gasteiger charge is 2.20. The SMILES string of the molecule is C[C@H](NC(=O)c1cc2ccccc2o1)c1cc(=O)[nH]c(N2CCCC2)n1. The quantitative estimate of drug-likeness (QED) is 0.753. The zero-order valence-electron chi connectivity index (χ0n) is 14.5. The molecule has 26 heavy (non-hydrogen) atoms. The van der Waals surface area contributed by atoms with E-state index in [1.165, 1.54) is 6.07 Å². The Morgan fingerprint density at radius 2 is 2.04 bits per heavy atom. The van der Waals surface area contributed by atoms with Gasteiger partial charge in [0.1, 0.15) is 5.58 Å². The van der Waals surface area contributed by atoms with Crippen molar-refractivity contribution in [1.82, 2.24) is 15.3 Å². The number of hydrogen-bond donors (Lipinski definition) is 2. The Morgan fingerprint density at radius 1 is 1.27 bits per heavy atom. The van der Waals surface area contributed by atoms with E-state index in [1.54, 1.807) is 13.0 Å². The zero-order chi connectivity index (χ0) is 18.1. The van der Waals surface area contributed by atoms with Crippen molar-refractivity contribution in [3.05, 3.63) is 58.2 Å². The van der Waals surface area contributed by atoms with Crippen molar-refractivity contribution in [3.8, 4) is 0 Å². The molecule has 2 aromatic heterocycles. The van der Waals surface area contributed by atoms with E-state index in [4.69, 9.17) is 4.42 Å². The van der Waals surface area contributed by atoms with Crippen molar-refractivity contribution in [2.24, 2.45) is 0 Å². The highest BCUT2D eigenvalue weighted by molar-refractivity contribution is 5.96. The normalized spacial score (nSPS) is 15.3. The van der Waals surface area contributed by atoms with Crippen LogP contribution in [-0.2, 0) is 0 Å². The number of carbonyl (C=O) groups is 1. The molecule has 0 saturated carbocycles. The lowest BCUT2D eigenvalue weighted by Gasteiger charge is -2.18. The molecule has 0 radical (unpaired) electrons. The van der Waals surface area contributed by atoms with Gasteiger partial charge in [0, 0.05) is 24.5 Å². The molecule has 2 N–H and O–H groups in total. The predicted molar refractivity (Wildman–Crippen MR) is 98.4 cm³/mol. The molecule has 1 saturated heterocycles. The van der Waals surface area contributed by atoms with Gasteiger partial charge in [0.15, 0.2) is 5.76 Å². The lowest BCUT2D eigenvalue weighted by atomic mass is 10.2. The number of hydrogen-bond acceptors (Lipinski definition) is 5. The number of aromatic nitrogens is 2. The molecule has 7 heteroatoms. The highest BCUT2D eigenvalue weighted by atomic mass is 16.3. The van der Waals surface area contributed by atoms with Gasteiger partial charge in [-0.15, -0.1) is 0 Å². The largest absolute Gasteiger partial charge is 0.451 e. The van der Waals surface area contributed by atoms with E-state index in [9.17, 15) is 9.59 Å². The van der Waals surface area contributed by atoms with Crippen molar-refractivity contribution >= 4 is 22.8 Å². The molecule has 3 heterocycles. The molecule has 1 aliphatic rings. The van der Waals surface area contributed by atoms with Crippen LogP contribution in [0.15, 0.2) is 45.6 Å². The number of nitrogens with zero attached hydrogens (tertiary/aromatic N) is 2. The van der Waals surface area contributed by atoms with Crippen molar-refractivity contribution in [2.75, 3.05) is 18.0 Å². The number of benzene rings is 1. The van der Waals surface area contributed by atoms with Gasteiger partial charge in [-0.2, -0.15) is 0 Å². The van der Waals surface area contributed by atoms with E-state index in [0.717, 1.165) is 31.3 Å². The lowest BCUT2D eigenvalue weighted by Crippen LogP contribution is -2.30. The maximum absolute atomic E-state index is 12.5. The Balaban J connectivity index is 1.54. The van der Waals surface area contributed by atoms with Gasteiger partial charge in [-0.05, 0) is 31.9 Å². The average Bonchev–Trinajstić information content (AvgIpc) is 3.30. The number of rotatable bonds is 4. The van der Waals surface area contributed by atoms with Gasteiger partial charge in [0.05, 0.1) is 11.7 Å². The Kier molecular flexibility index (Phi) is 4.20. The standard InChI is InChI=1S/C19H20N4O3/c1-12(14-11-17(24)22-19(21-14)23-8-4-5-9-23)20-18(25)16-10-13-6-2-3-7-15(13)26-16/h2-3,6-7,10-12H,4-5,8-9H2,1H3,(H,20,25)(H,21,22,24)/t12-/m0/s1. The van der Waals surface area contributed by atoms with Gasteiger partial charge in [0.2, 0.25) is 5.95 Å². The smallest absolute Gasteiger partial charge is 0.287 e. The Hall–Kier alpha value is -3.09. The third-order valence-electron chi connectivity index (χ3n) is 4.60. The summed E-state index contributed by atoms with van der Waals surface area (Å²) in [6.45, 7) is 3.56. The van der Waals surface area contributed by atoms with E-state index < -0.39 is 6.04 Å². The van der Waals surface area contributed by atoms with Gasteiger partial charge >= 0.3 is 0 Å². The summed E-state index contributed by atoms with van der Waals surface area (Å²) in [5, 5.41) is 3.72. The van der Waals surface area contributed by atoms with Crippen LogP contribution >= 0.6 is 0 Å². The van der Waals surface area contributed by atoms with Crippen LogP contribution in [0.4, 0.5) is 5.95 Å². The minimum absolute atomic E-state index is 0.221. The number of furan rings is 1. The molecule has 0 bridgehead atoms. The van der Waals surface area contributed by atoms with Crippen molar-refractivity contribution in [1.29, 1.82) is 0 Å². The number of nitrogens with one attached hydrogen (secondary N) is 2. The third-order valence-corrected chi connectivity index (χ3v) is 4.60. The first-order valence-corrected chi connectivity index (χ1v) is 8.76. The molecule has 1 amide bonds. The van der Waals surface area contributed by atoms with Crippen LogP contribution in [0, 0.1) is 0 Å². The van der Waals surface area contributed by atoms with E-state index in [2.05, 4.69) is 20.2 Å². The summed E-state index contributed by atoms with van der Waals surface area (Å²) in [6.07, 6.45) is 2.18. The Labute approximate surface area is 150 Å². The summed E-state index contributed by atoms with van der Waals surface area (Å²) in [5.74, 6) is 0.469. The third kappa shape index (κ3) is 3.20. The number of anilines is 1. The molecule has 4 rings (SSSR count). The molecule has 7 nitrogen and oxygen atoms in total. The van der Waals surface area contributed by atoms with Crippen molar-refractivity contribution in [2.45, 2.75) is 25.8 Å². The van der Waals surface area contributed by atoms with Crippen LogP contribution in [0.5, 0.6) is 0 Å². The number of fused-ring (bicyclic) bond motifs is 1. The zero-order valence-corrected chi connectivity index (χ0v) is 14.5. The summed E-state index contributed by atoms with van der Waals surface area (Å²) in [5.41, 5.74) is 0.970. The Bertz CT molecular complexity index is 968. The number of aromatic amines is 1. The lowest BCUT2D eigenvalue weighted by molar-refractivity contribution is 0.0913. The number of amides is 1. The van der Waals surface area contributed by atoms with Crippen LogP contribution in [0.1, 0.15) is 42.1 Å². The first-order valence-electron chi connectivity index (χ1n) is 8.76. The molecule has 134 valence electrons. The van der Waals surface area contributed by atoms with Crippen LogP contribution < -0.4 is 15.8 Å². The van der Waals surface area contributed by atoms with Gasteiger partial charge in [0.25, 0.3) is 11.5 Å². The van der Waals surface area contributed by atoms with E-state index in [-0.39, 0.29) is 17.2 Å². The molecule has 3 aromatic rings. The minimum atomic E-state index is -0.417. The second kappa shape index (κ2) is 6.67. The van der Waals surface area contributed by atoms with Gasteiger partial charge < -0.3 is 14.6 Å². The topological polar surface area (TPSA) is 91.2 Å². The molecule has 1 atom stereocenters. The Morgan fingerprint density at radius 3 is 2.81 bits per heavy atom. The number of para-hydroxylation sites is 1. The molecule has 0 spiro atoms. The van der Waals surface area contributed by atoms with Gasteiger partial charge in [-0.1, -0.05) is 18.2 Å². The summed E-state index contributed by atoms with van der Waals surface area (Å²) in [6, 6.07) is 10.2. The van der Waals surface area contributed by atoms with E-state index in [0.29, 0.717) is 17.2 Å². The van der Waals surface area contributed by atoms with E-state index >= 15 is 0 Å². The summed E-state index contributed by atoms with van der Waals surface area (Å²) in [4.78, 5) is 33.8. The van der Waals surface area contributed by atoms with Crippen LogP contribution in [0.2, 0.25) is 0 Å². The number of carbonyl (C=O) groups excluding carboxylic acids is 1.